The van der Waals surface area contributed by atoms with E-state index in [0.717, 1.165) is 16.2 Å². The van der Waals surface area contributed by atoms with Gasteiger partial charge in [-0.3, -0.25) is 14.9 Å². The number of nitro groups is 1. The maximum atomic E-state index is 12.4. The van der Waals surface area contributed by atoms with Gasteiger partial charge in [0.2, 0.25) is 0 Å². The van der Waals surface area contributed by atoms with E-state index in [0.29, 0.717) is 5.56 Å². The fourth-order valence-electron chi connectivity index (χ4n) is 2.02. The molecule has 0 unspecified atom stereocenters. The van der Waals surface area contributed by atoms with E-state index in [9.17, 15) is 14.9 Å². The summed E-state index contributed by atoms with van der Waals surface area (Å²) in [5.41, 5.74) is 1.39. The first kappa shape index (κ1) is 16.0. The minimum atomic E-state index is -0.491. The molecule has 0 heterocycles. The lowest BCUT2D eigenvalue weighted by molar-refractivity contribution is -0.384. The SMILES string of the molecule is CCSc1ccccc1C(=O)Nc1ccc(C)cc1[N+](=O)[O-]. The van der Waals surface area contributed by atoms with Crippen LogP contribution in [0.1, 0.15) is 22.8 Å². The van der Waals surface area contributed by atoms with Crippen LogP contribution in [0.4, 0.5) is 11.4 Å². The summed E-state index contributed by atoms with van der Waals surface area (Å²) in [5.74, 6) is 0.498. The number of amides is 1. The molecule has 2 aromatic carbocycles. The molecule has 22 heavy (non-hydrogen) atoms. The van der Waals surface area contributed by atoms with Crippen LogP contribution in [-0.4, -0.2) is 16.6 Å². The molecule has 5 nitrogen and oxygen atoms in total. The molecule has 114 valence electrons. The van der Waals surface area contributed by atoms with Crippen molar-refractivity contribution in [2.45, 2.75) is 18.7 Å². The Balaban J connectivity index is 2.32. The van der Waals surface area contributed by atoms with Crippen LogP contribution in [0.3, 0.4) is 0 Å². The second kappa shape index (κ2) is 7.09. The van der Waals surface area contributed by atoms with Crippen LogP contribution in [0.15, 0.2) is 47.4 Å². The van der Waals surface area contributed by atoms with E-state index in [2.05, 4.69) is 5.32 Å². The predicted molar refractivity (Wildman–Crippen MR) is 88.6 cm³/mol. The van der Waals surface area contributed by atoms with Crippen molar-refractivity contribution in [2.75, 3.05) is 11.1 Å². The summed E-state index contributed by atoms with van der Waals surface area (Å²) in [6.07, 6.45) is 0. The molecule has 0 spiro atoms. The molecule has 0 fully saturated rings. The molecule has 1 amide bonds. The van der Waals surface area contributed by atoms with E-state index in [1.54, 1.807) is 43.0 Å². The molecule has 2 aromatic rings. The average molecular weight is 316 g/mol. The number of nitrogens with zero attached hydrogens (tertiary/aromatic N) is 1. The molecule has 0 aromatic heterocycles. The number of thioether (sulfide) groups is 1. The van der Waals surface area contributed by atoms with E-state index < -0.39 is 4.92 Å². The van der Waals surface area contributed by atoms with Gasteiger partial charge in [0.1, 0.15) is 5.69 Å². The molecule has 0 aliphatic heterocycles. The Morgan fingerprint density at radius 2 is 2.00 bits per heavy atom. The van der Waals surface area contributed by atoms with Crippen LogP contribution in [-0.2, 0) is 0 Å². The van der Waals surface area contributed by atoms with Gasteiger partial charge in [-0.2, -0.15) is 0 Å². The number of hydrogen-bond acceptors (Lipinski definition) is 4. The topological polar surface area (TPSA) is 72.2 Å². The van der Waals surface area contributed by atoms with Gasteiger partial charge in [-0.25, -0.2) is 0 Å². The highest BCUT2D eigenvalue weighted by molar-refractivity contribution is 7.99. The molecule has 2 rings (SSSR count). The van der Waals surface area contributed by atoms with E-state index >= 15 is 0 Å². The van der Waals surface area contributed by atoms with Gasteiger partial charge in [0.05, 0.1) is 10.5 Å². The maximum Gasteiger partial charge on any atom is 0.293 e. The Kier molecular flexibility index (Phi) is 5.16. The zero-order valence-corrected chi connectivity index (χ0v) is 13.1. The Morgan fingerprint density at radius 1 is 1.27 bits per heavy atom. The molecule has 0 radical (unpaired) electrons. The molecule has 0 saturated heterocycles. The number of carbonyl (C=O) groups excluding carboxylic acids is 1. The fraction of sp³-hybridized carbons (Fsp3) is 0.188. The van der Waals surface area contributed by atoms with Crippen LogP contribution >= 0.6 is 11.8 Å². The third-order valence-corrected chi connectivity index (χ3v) is 3.99. The smallest absolute Gasteiger partial charge is 0.293 e. The summed E-state index contributed by atoms with van der Waals surface area (Å²) in [7, 11) is 0. The van der Waals surface area contributed by atoms with E-state index in [1.807, 2.05) is 19.1 Å². The lowest BCUT2D eigenvalue weighted by Gasteiger charge is -2.10. The summed E-state index contributed by atoms with van der Waals surface area (Å²) in [6.45, 7) is 3.77. The first-order valence-electron chi connectivity index (χ1n) is 6.81. The van der Waals surface area contributed by atoms with Gasteiger partial charge in [-0.05, 0) is 36.4 Å². The highest BCUT2D eigenvalue weighted by Crippen LogP contribution is 2.28. The molecule has 0 atom stereocenters. The number of nitro benzene ring substituents is 1. The Hall–Kier alpha value is -2.34. The van der Waals surface area contributed by atoms with Crippen LogP contribution in [0.25, 0.3) is 0 Å². The molecule has 1 N–H and O–H groups in total. The average Bonchev–Trinajstić information content (AvgIpc) is 2.49. The Labute approximate surface area is 132 Å². The fourth-order valence-corrected chi connectivity index (χ4v) is 2.83. The van der Waals surface area contributed by atoms with Gasteiger partial charge in [0.15, 0.2) is 0 Å². The third-order valence-electron chi connectivity index (χ3n) is 3.03. The second-order valence-corrected chi connectivity index (χ2v) is 5.97. The summed E-state index contributed by atoms with van der Waals surface area (Å²) in [5, 5.41) is 13.8. The number of benzene rings is 2. The monoisotopic (exact) mass is 316 g/mol. The number of carbonyl (C=O) groups is 1. The van der Waals surface area contributed by atoms with Crippen molar-refractivity contribution in [3.63, 3.8) is 0 Å². The first-order chi connectivity index (χ1) is 10.5. The highest BCUT2D eigenvalue weighted by Gasteiger charge is 2.18. The zero-order chi connectivity index (χ0) is 16.1. The van der Waals surface area contributed by atoms with Gasteiger partial charge in [0.25, 0.3) is 11.6 Å². The van der Waals surface area contributed by atoms with Gasteiger partial charge >= 0.3 is 0 Å². The first-order valence-corrected chi connectivity index (χ1v) is 7.79. The standard InChI is InChI=1S/C16H16N2O3S/c1-3-22-15-7-5-4-6-12(15)16(19)17-13-9-8-11(2)10-14(13)18(20)21/h4-10H,3H2,1-2H3,(H,17,19). The number of nitrogens with one attached hydrogen (secondary N) is 1. The van der Waals surface area contributed by atoms with Crippen molar-refractivity contribution in [1.29, 1.82) is 0 Å². The molecule has 0 bridgehead atoms. The van der Waals surface area contributed by atoms with Gasteiger partial charge in [-0.1, -0.05) is 25.1 Å². The third kappa shape index (κ3) is 3.65. The van der Waals surface area contributed by atoms with Gasteiger partial charge in [0, 0.05) is 11.0 Å². The number of hydrogen-bond donors (Lipinski definition) is 1. The van der Waals surface area contributed by atoms with Crippen LogP contribution in [0, 0.1) is 17.0 Å². The van der Waals surface area contributed by atoms with Gasteiger partial charge < -0.3 is 5.32 Å². The number of anilines is 1. The summed E-state index contributed by atoms with van der Waals surface area (Å²) >= 11 is 1.56. The lowest BCUT2D eigenvalue weighted by atomic mass is 10.1. The van der Waals surface area contributed by atoms with Crippen molar-refractivity contribution < 1.29 is 9.72 Å². The molecule has 6 heteroatoms. The number of aryl methyl sites for hydroxylation is 1. The molecule has 0 aliphatic rings. The summed E-state index contributed by atoms with van der Waals surface area (Å²) in [4.78, 5) is 23.9. The van der Waals surface area contributed by atoms with Crippen LogP contribution in [0.5, 0.6) is 0 Å². The Morgan fingerprint density at radius 3 is 2.68 bits per heavy atom. The normalized spacial score (nSPS) is 10.3. The molecular weight excluding hydrogens is 300 g/mol. The predicted octanol–water partition coefficient (Wildman–Crippen LogP) is 4.27. The van der Waals surface area contributed by atoms with Crippen molar-refractivity contribution in [3.05, 3.63) is 63.7 Å². The van der Waals surface area contributed by atoms with Crippen molar-refractivity contribution >= 4 is 29.0 Å². The summed E-state index contributed by atoms with van der Waals surface area (Å²) < 4.78 is 0. The van der Waals surface area contributed by atoms with Gasteiger partial charge in [-0.15, -0.1) is 11.8 Å². The zero-order valence-electron chi connectivity index (χ0n) is 12.3. The highest BCUT2D eigenvalue weighted by atomic mass is 32.2. The molecule has 0 aliphatic carbocycles. The second-order valence-electron chi connectivity index (χ2n) is 4.66. The largest absolute Gasteiger partial charge is 0.316 e. The quantitative estimate of drug-likeness (QED) is 0.508. The van der Waals surface area contributed by atoms with E-state index in [1.165, 1.54) is 6.07 Å². The lowest BCUT2D eigenvalue weighted by Crippen LogP contribution is -2.14. The molecule has 0 saturated carbocycles. The minimum Gasteiger partial charge on any atom is -0.316 e. The number of rotatable bonds is 5. The van der Waals surface area contributed by atoms with Crippen LogP contribution in [0.2, 0.25) is 0 Å². The Bertz CT molecular complexity index is 716. The van der Waals surface area contributed by atoms with E-state index in [-0.39, 0.29) is 17.3 Å². The van der Waals surface area contributed by atoms with E-state index in [4.69, 9.17) is 0 Å². The van der Waals surface area contributed by atoms with Crippen molar-refractivity contribution in [3.8, 4) is 0 Å². The summed E-state index contributed by atoms with van der Waals surface area (Å²) in [6, 6.07) is 12.0. The minimum absolute atomic E-state index is 0.103. The van der Waals surface area contributed by atoms with Crippen LogP contribution < -0.4 is 5.32 Å². The molecular formula is C16H16N2O3S. The van der Waals surface area contributed by atoms with Crippen molar-refractivity contribution in [1.82, 2.24) is 0 Å². The maximum absolute atomic E-state index is 12.4. The van der Waals surface area contributed by atoms with Crippen molar-refractivity contribution in [2.24, 2.45) is 0 Å².